The van der Waals surface area contributed by atoms with Crippen molar-refractivity contribution in [3.63, 3.8) is 0 Å². The molecule has 0 atom stereocenters. The van der Waals surface area contributed by atoms with E-state index >= 15 is 0 Å². The van der Waals surface area contributed by atoms with Crippen LogP contribution in [0.25, 0.3) is 0 Å². The second kappa shape index (κ2) is 7.04. The highest BCUT2D eigenvalue weighted by atomic mass is 35.5. The van der Waals surface area contributed by atoms with Crippen molar-refractivity contribution < 1.29 is 18.0 Å². The Balaban J connectivity index is 1.83. The van der Waals surface area contributed by atoms with E-state index < -0.39 is 12.1 Å². The number of carbonyl (C=O) groups is 1. The van der Waals surface area contributed by atoms with E-state index in [0.717, 1.165) is 4.90 Å². The Kier molecular flexibility index (Phi) is 5.31. The zero-order valence-corrected chi connectivity index (χ0v) is 12.8. The van der Waals surface area contributed by atoms with E-state index in [4.69, 9.17) is 16.9 Å². The summed E-state index contributed by atoms with van der Waals surface area (Å²) < 4.78 is 37.1. The summed E-state index contributed by atoms with van der Waals surface area (Å²) in [7, 11) is 0. The van der Waals surface area contributed by atoms with E-state index in [9.17, 15) is 18.0 Å². The molecule has 0 radical (unpaired) electrons. The zero-order chi connectivity index (χ0) is 17.0. The van der Waals surface area contributed by atoms with Gasteiger partial charge < -0.3 is 10.2 Å². The molecule has 2 heterocycles. The number of anilines is 1. The second-order valence-corrected chi connectivity index (χ2v) is 5.66. The van der Waals surface area contributed by atoms with Crippen LogP contribution in [0.15, 0.2) is 12.1 Å². The van der Waals surface area contributed by atoms with Gasteiger partial charge in [-0.3, -0.25) is 4.79 Å². The van der Waals surface area contributed by atoms with Crippen molar-refractivity contribution in [3.05, 3.63) is 22.8 Å². The molecule has 1 aliphatic heterocycles. The molecule has 0 spiro atoms. The summed E-state index contributed by atoms with van der Waals surface area (Å²) in [6, 6.07) is 5.06. The summed E-state index contributed by atoms with van der Waals surface area (Å²) >= 11 is 5.79. The summed E-state index contributed by atoms with van der Waals surface area (Å²) in [5.41, 5.74) is 0.113. The molecule has 124 valence electrons. The standard InChI is InChI=1S/C14H14ClF3N4O/c15-10-1-2-12(21-11(10)7-19)20-8-9-3-5-22(6-4-9)13(23)14(16,17)18/h1-2,9H,3-6,8H2,(H,20,21). The van der Waals surface area contributed by atoms with Gasteiger partial charge in [0.05, 0.1) is 5.02 Å². The molecule has 0 bridgehead atoms. The minimum Gasteiger partial charge on any atom is -0.370 e. The minimum absolute atomic E-state index is 0.0855. The Labute approximate surface area is 136 Å². The number of rotatable bonds is 3. The molecule has 1 aromatic heterocycles. The van der Waals surface area contributed by atoms with Gasteiger partial charge >= 0.3 is 12.1 Å². The maximum Gasteiger partial charge on any atom is 0.471 e. The van der Waals surface area contributed by atoms with Crippen molar-refractivity contribution in [2.24, 2.45) is 5.92 Å². The largest absolute Gasteiger partial charge is 0.471 e. The second-order valence-electron chi connectivity index (χ2n) is 5.25. The average Bonchev–Trinajstić information content (AvgIpc) is 2.53. The van der Waals surface area contributed by atoms with E-state index in [1.807, 2.05) is 6.07 Å². The third-order valence-corrected chi connectivity index (χ3v) is 3.97. The topological polar surface area (TPSA) is 69.0 Å². The van der Waals surface area contributed by atoms with Crippen molar-refractivity contribution in [1.29, 1.82) is 5.26 Å². The number of nitriles is 1. The smallest absolute Gasteiger partial charge is 0.370 e. The molecule has 1 aliphatic rings. The van der Waals surface area contributed by atoms with Crippen molar-refractivity contribution in [3.8, 4) is 6.07 Å². The summed E-state index contributed by atoms with van der Waals surface area (Å²) in [6.07, 6.45) is -3.85. The van der Waals surface area contributed by atoms with Crippen molar-refractivity contribution in [2.45, 2.75) is 19.0 Å². The highest BCUT2D eigenvalue weighted by molar-refractivity contribution is 6.31. The Morgan fingerprint density at radius 2 is 2.09 bits per heavy atom. The van der Waals surface area contributed by atoms with E-state index in [-0.39, 0.29) is 29.7 Å². The Morgan fingerprint density at radius 3 is 2.65 bits per heavy atom. The van der Waals surface area contributed by atoms with E-state index in [0.29, 0.717) is 25.2 Å². The van der Waals surface area contributed by atoms with Gasteiger partial charge in [-0.2, -0.15) is 18.4 Å². The third kappa shape index (κ3) is 4.48. The van der Waals surface area contributed by atoms with Crippen LogP contribution in [0, 0.1) is 17.2 Å². The lowest BCUT2D eigenvalue weighted by Crippen LogP contribution is -2.46. The fourth-order valence-corrected chi connectivity index (χ4v) is 2.53. The van der Waals surface area contributed by atoms with Gasteiger partial charge in [-0.25, -0.2) is 4.98 Å². The first-order valence-electron chi connectivity index (χ1n) is 6.98. The zero-order valence-electron chi connectivity index (χ0n) is 12.0. The SMILES string of the molecule is N#Cc1nc(NCC2CCN(C(=O)C(F)(F)F)CC2)ccc1Cl. The summed E-state index contributed by atoms with van der Waals surface area (Å²) in [5, 5.41) is 12.2. The number of nitrogens with zero attached hydrogens (tertiary/aromatic N) is 3. The molecule has 0 unspecified atom stereocenters. The number of hydrogen-bond acceptors (Lipinski definition) is 4. The van der Waals surface area contributed by atoms with Crippen LogP contribution in [0.2, 0.25) is 5.02 Å². The molecule has 1 saturated heterocycles. The molecule has 23 heavy (non-hydrogen) atoms. The quantitative estimate of drug-likeness (QED) is 0.913. The van der Waals surface area contributed by atoms with Gasteiger partial charge in [0.1, 0.15) is 11.9 Å². The van der Waals surface area contributed by atoms with Crippen LogP contribution in [-0.4, -0.2) is 41.6 Å². The molecule has 1 aromatic rings. The first kappa shape index (κ1) is 17.3. The number of nitrogens with one attached hydrogen (secondary N) is 1. The maximum atomic E-state index is 12.4. The molecule has 0 saturated carbocycles. The van der Waals surface area contributed by atoms with Crippen LogP contribution in [0.3, 0.4) is 0 Å². The number of amides is 1. The molecule has 1 amide bonds. The Bertz CT molecular complexity index is 621. The number of alkyl halides is 3. The molecule has 2 rings (SSSR count). The fourth-order valence-electron chi connectivity index (χ4n) is 2.39. The number of carbonyl (C=O) groups excluding carboxylic acids is 1. The van der Waals surface area contributed by atoms with Gasteiger partial charge in [0.25, 0.3) is 0 Å². The molecule has 1 N–H and O–H groups in total. The summed E-state index contributed by atoms with van der Waals surface area (Å²) in [5.74, 6) is -1.16. The molecule has 5 nitrogen and oxygen atoms in total. The summed E-state index contributed by atoms with van der Waals surface area (Å²) in [6.45, 7) is 0.678. The lowest BCUT2D eigenvalue weighted by Gasteiger charge is -2.32. The molecule has 0 aromatic carbocycles. The molecular weight excluding hydrogens is 333 g/mol. The van der Waals surface area contributed by atoms with Crippen molar-refractivity contribution in [1.82, 2.24) is 9.88 Å². The van der Waals surface area contributed by atoms with Crippen LogP contribution < -0.4 is 5.32 Å². The number of hydrogen-bond donors (Lipinski definition) is 1. The van der Waals surface area contributed by atoms with Gasteiger partial charge in [0, 0.05) is 19.6 Å². The van der Waals surface area contributed by atoms with Crippen molar-refractivity contribution >= 4 is 23.3 Å². The normalized spacial score (nSPS) is 16.0. The van der Waals surface area contributed by atoms with Crippen LogP contribution in [0.5, 0.6) is 0 Å². The molecule has 0 aliphatic carbocycles. The Hall–Kier alpha value is -2.01. The lowest BCUT2D eigenvalue weighted by atomic mass is 9.96. The van der Waals surface area contributed by atoms with Crippen LogP contribution >= 0.6 is 11.6 Å². The minimum atomic E-state index is -4.81. The predicted molar refractivity (Wildman–Crippen MR) is 77.8 cm³/mol. The highest BCUT2D eigenvalue weighted by Gasteiger charge is 2.43. The predicted octanol–water partition coefficient (Wildman–Crippen LogP) is 2.82. The number of halogens is 4. The third-order valence-electron chi connectivity index (χ3n) is 3.67. The van der Waals surface area contributed by atoms with E-state index in [1.165, 1.54) is 0 Å². The van der Waals surface area contributed by atoms with Gasteiger partial charge in [0.2, 0.25) is 0 Å². The fraction of sp³-hybridized carbons (Fsp3) is 0.500. The molecule has 1 fully saturated rings. The first-order valence-corrected chi connectivity index (χ1v) is 7.35. The van der Waals surface area contributed by atoms with Gasteiger partial charge in [-0.05, 0) is 30.9 Å². The first-order chi connectivity index (χ1) is 10.8. The number of piperidine rings is 1. The lowest BCUT2D eigenvalue weighted by molar-refractivity contribution is -0.186. The van der Waals surface area contributed by atoms with Crippen LogP contribution in [0.4, 0.5) is 19.0 Å². The van der Waals surface area contributed by atoms with Crippen LogP contribution in [0.1, 0.15) is 18.5 Å². The monoisotopic (exact) mass is 346 g/mol. The summed E-state index contributed by atoms with van der Waals surface area (Å²) in [4.78, 5) is 16.0. The molecule has 9 heteroatoms. The highest BCUT2D eigenvalue weighted by Crippen LogP contribution is 2.24. The average molecular weight is 347 g/mol. The number of likely N-dealkylation sites (tertiary alicyclic amines) is 1. The van der Waals surface area contributed by atoms with Gasteiger partial charge in [-0.1, -0.05) is 11.6 Å². The van der Waals surface area contributed by atoms with Gasteiger partial charge in [-0.15, -0.1) is 0 Å². The Morgan fingerprint density at radius 1 is 1.43 bits per heavy atom. The van der Waals surface area contributed by atoms with Crippen LogP contribution in [-0.2, 0) is 4.79 Å². The number of pyridine rings is 1. The van der Waals surface area contributed by atoms with E-state index in [1.54, 1.807) is 12.1 Å². The number of aromatic nitrogens is 1. The van der Waals surface area contributed by atoms with E-state index in [2.05, 4.69) is 10.3 Å². The maximum absolute atomic E-state index is 12.4. The van der Waals surface area contributed by atoms with Gasteiger partial charge in [0.15, 0.2) is 5.69 Å². The van der Waals surface area contributed by atoms with Crippen molar-refractivity contribution in [2.75, 3.05) is 25.0 Å². The molecular formula is C14H14ClF3N4O.